The van der Waals surface area contributed by atoms with Gasteiger partial charge in [-0.05, 0) is 73.2 Å². The Hall–Kier alpha value is -3.07. The molecule has 3 rings (SSSR count). The third kappa shape index (κ3) is 9.48. The van der Waals surface area contributed by atoms with Gasteiger partial charge >= 0.3 is 0 Å². The van der Waals surface area contributed by atoms with Crippen LogP contribution in [0.3, 0.4) is 0 Å². The number of rotatable bonds is 14. The predicted octanol–water partition coefficient (Wildman–Crippen LogP) is 6.32. The van der Waals surface area contributed by atoms with Gasteiger partial charge in [0.25, 0.3) is 0 Å². The van der Waals surface area contributed by atoms with Crippen LogP contribution in [-0.2, 0) is 32.6 Å². The zero-order valence-corrected chi connectivity index (χ0v) is 26.9. The number of nitrogens with one attached hydrogen (secondary N) is 1. The molecule has 2 amide bonds. The summed E-state index contributed by atoms with van der Waals surface area (Å²) in [4.78, 5) is 29.0. The van der Waals surface area contributed by atoms with E-state index in [0.29, 0.717) is 34.3 Å². The van der Waals surface area contributed by atoms with Crippen LogP contribution in [0.25, 0.3) is 0 Å². The van der Waals surface area contributed by atoms with E-state index in [9.17, 15) is 18.0 Å². The molecule has 1 atom stereocenters. The van der Waals surface area contributed by atoms with Gasteiger partial charge in [-0.2, -0.15) is 0 Å². The molecule has 42 heavy (non-hydrogen) atoms. The van der Waals surface area contributed by atoms with E-state index >= 15 is 0 Å². The van der Waals surface area contributed by atoms with E-state index in [0.717, 1.165) is 29.4 Å². The molecule has 0 bridgehead atoms. The smallest absolute Gasteiger partial charge is 0.243 e. The maximum atomic E-state index is 13.9. The summed E-state index contributed by atoms with van der Waals surface area (Å²) in [6, 6.07) is 19.3. The maximum absolute atomic E-state index is 13.9. The van der Waals surface area contributed by atoms with Crippen molar-refractivity contribution >= 4 is 50.7 Å². The van der Waals surface area contributed by atoms with Gasteiger partial charge in [0, 0.05) is 42.5 Å². The number of hydrogen-bond acceptors (Lipinski definition) is 4. The molecule has 7 nitrogen and oxygen atoms in total. The summed E-state index contributed by atoms with van der Waals surface area (Å²) in [7, 11) is -3.59. The first-order valence-corrected chi connectivity index (χ1v) is 16.6. The molecule has 226 valence electrons. The lowest BCUT2D eigenvalue weighted by molar-refractivity contribution is -0.141. The normalized spacial score (nSPS) is 12.0. The topological polar surface area (TPSA) is 86.8 Å². The molecule has 0 heterocycles. The van der Waals surface area contributed by atoms with Crippen molar-refractivity contribution < 1.29 is 18.0 Å². The summed E-state index contributed by atoms with van der Waals surface area (Å²) in [5.41, 5.74) is 4.16. The average Bonchev–Trinajstić information content (AvgIpc) is 2.94. The van der Waals surface area contributed by atoms with Gasteiger partial charge in [0.15, 0.2) is 0 Å². The van der Waals surface area contributed by atoms with Crippen molar-refractivity contribution in [3.63, 3.8) is 0 Å². The van der Waals surface area contributed by atoms with Crippen LogP contribution in [0.4, 0.5) is 5.69 Å². The molecule has 0 aromatic heterocycles. The van der Waals surface area contributed by atoms with Gasteiger partial charge in [-0.15, -0.1) is 0 Å². The van der Waals surface area contributed by atoms with E-state index in [1.54, 1.807) is 29.2 Å². The summed E-state index contributed by atoms with van der Waals surface area (Å²) in [6.45, 7) is 6.55. The van der Waals surface area contributed by atoms with Crippen molar-refractivity contribution in [3.8, 4) is 0 Å². The Morgan fingerprint density at radius 1 is 0.952 bits per heavy atom. The van der Waals surface area contributed by atoms with Gasteiger partial charge in [0.05, 0.1) is 11.9 Å². The van der Waals surface area contributed by atoms with E-state index in [1.165, 1.54) is 4.31 Å². The number of sulfonamides is 1. The van der Waals surface area contributed by atoms with Crippen LogP contribution in [0.5, 0.6) is 0 Å². The second-order valence-electron chi connectivity index (χ2n) is 10.5. The molecule has 3 aromatic carbocycles. The van der Waals surface area contributed by atoms with Crippen LogP contribution in [0.1, 0.15) is 48.4 Å². The zero-order valence-electron chi connectivity index (χ0n) is 24.6. The van der Waals surface area contributed by atoms with Crippen molar-refractivity contribution in [2.24, 2.45) is 0 Å². The molecule has 0 saturated heterocycles. The minimum absolute atomic E-state index is 0.0361. The fourth-order valence-electron chi connectivity index (χ4n) is 4.64. The van der Waals surface area contributed by atoms with Crippen LogP contribution in [-0.4, -0.2) is 50.5 Å². The third-order valence-electron chi connectivity index (χ3n) is 7.11. The van der Waals surface area contributed by atoms with Crippen molar-refractivity contribution in [3.05, 3.63) is 99.0 Å². The number of hydrogen-bond donors (Lipinski definition) is 1. The Morgan fingerprint density at radius 3 is 2.29 bits per heavy atom. The highest BCUT2D eigenvalue weighted by atomic mass is 35.5. The number of nitrogens with zero attached hydrogens (tertiary/aromatic N) is 2. The number of benzene rings is 3. The molecular formula is C32H39Cl2N3O4S. The number of anilines is 1. The first-order chi connectivity index (χ1) is 19.9. The molecule has 0 aliphatic carbocycles. The molecule has 0 fully saturated rings. The fraction of sp³-hybridized carbons (Fsp3) is 0.375. The lowest BCUT2D eigenvalue weighted by Gasteiger charge is -2.32. The predicted molar refractivity (Wildman–Crippen MR) is 172 cm³/mol. The average molecular weight is 633 g/mol. The summed E-state index contributed by atoms with van der Waals surface area (Å²) in [5.74, 6) is -0.533. The van der Waals surface area contributed by atoms with E-state index in [2.05, 4.69) is 5.32 Å². The second-order valence-corrected chi connectivity index (χ2v) is 13.2. The largest absolute Gasteiger partial charge is 0.354 e. The lowest BCUT2D eigenvalue weighted by atomic mass is 10.0. The minimum Gasteiger partial charge on any atom is -0.354 e. The molecule has 0 saturated carbocycles. The van der Waals surface area contributed by atoms with Crippen molar-refractivity contribution in [2.45, 2.75) is 59.0 Å². The molecule has 0 aliphatic heterocycles. The molecule has 3 aromatic rings. The Morgan fingerprint density at radius 2 is 1.67 bits per heavy atom. The van der Waals surface area contributed by atoms with Crippen molar-refractivity contribution in [2.75, 3.05) is 23.7 Å². The first-order valence-electron chi connectivity index (χ1n) is 14.0. The first kappa shape index (κ1) is 33.4. The molecule has 0 unspecified atom stereocenters. The number of carbonyl (C=O) groups excluding carboxylic acids is 2. The fourth-order valence-corrected chi connectivity index (χ4v) is 6.06. The SMILES string of the molecule is CCCNC(=O)[C@@H](Cc1ccccc1)N(Cc1ccc(Cl)cc1Cl)C(=O)CCCN(c1ccc(C)c(C)c1)S(C)(=O)=O. The molecule has 0 aliphatic rings. The van der Waals surface area contributed by atoms with E-state index < -0.39 is 16.1 Å². The second kappa shape index (κ2) is 15.4. The van der Waals surface area contributed by atoms with Crippen LogP contribution in [0.2, 0.25) is 10.0 Å². The van der Waals surface area contributed by atoms with Crippen molar-refractivity contribution in [1.82, 2.24) is 10.2 Å². The van der Waals surface area contributed by atoms with E-state index in [4.69, 9.17) is 23.2 Å². The van der Waals surface area contributed by atoms with Gasteiger partial charge in [-0.25, -0.2) is 8.42 Å². The van der Waals surface area contributed by atoms with Crippen molar-refractivity contribution in [1.29, 1.82) is 0 Å². The van der Waals surface area contributed by atoms with E-state index in [-0.39, 0.29) is 37.7 Å². The Balaban J connectivity index is 1.90. The Bertz CT molecular complexity index is 1480. The highest BCUT2D eigenvalue weighted by Gasteiger charge is 2.31. The summed E-state index contributed by atoms with van der Waals surface area (Å²) in [5, 5.41) is 3.81. The van der Waals surface area contributed by atoms with Crippen LogP contribution in [0.15, 0.2) is 66.7 Å². The highest BCUT2D eigenvalue weighted by Crippen LogP contribution is 2.26. The van der Waals surface area contributed by atoms with Gasteiger partial charge < -0.3 is 10.2 Å². The van der Waals surface area contributed by atoms with E-state index in [1.807, 2.05) is 63.2 Å². The van der Waals surface area contributed by atoms with Gasteiger partial charge in [0.1, 0.15) is 6.04 Å². The summed E-state index contributed by atoms with van der Waals surface area (Å²) >= 11 is 12.6. The number of halogens is 2. The van der Waals surface area contributed by atoms with Gasteiger partial charge in [-0.3, -0.25) is 13.9 Å². The third-order valence-corrected chi connectivity index (χ3v) is 8.89. The molecule has 0 radical (unpaired) electrons. The minimum atomic E-state index is -3.59. The molecule has 0 spiro atoms. The number of aryl methyl sites for hydroxylation is 2. The Kier molecular flexibility index (Phi) is 12.3. The number of amides is 2. The standard InChI is InChI=1S/C32H39Cl2N3O4S/c1-5-17-35-32(39)30(20-25-10-7-6-8-11-25)36(22-26-14-15-27(33)21-29(26)34)31(38)12-9-18-37(42(4,40)41)28-16-13-23(2)24(3)19-28/h6-8,10-11,13-16,19,21,30H,5,9,12,17-18,20,22H2,1-4H3,(H,35,39)/t30-/m1/s1. The van der Waals surface area contributed by atoms with Gasteiger partial charge in [0.2, 0.25) is 21.8 Å². The van der Waals surface area contributed by atoms with Crippen LogP contribution in [0, 0.1) is 13.8 Å². The monoisotopic (exact) mass is 631 g/mol. The van der Waals surface area contributed by atoms with Gasteiger partial charge in [-0.1, -0.05) is 72.6 Å². The zero-order chi connectivity index (χ0) is 30.9. The quantitative estimate of drug-likeness (QED) is 0.225. The molecule has 10 heteroatoms. The molecular weight excluding hydrogens is 593 g/mol. The Labute approximate surface area is 259 Å². The number of carbonyl (C=O) groups is 2. The molecule has 1 N–H and O–H groups in total. The summed E-state index contributed by atoms with van der Waals surface area (Å²) < 4.78 is 26.7. The van der Waals surface area contributed by atoms with Crippen LogP contribution >= 0.6 is 23.2 Å². The highest BCUT2D eigenvalue weighted by molar-refractivity contribution is 7.92. The summed E-state index contributed by atoms with van der Waals surface area (Å²) in [6.07, 6.45) is 2.52. The maximum Gasteiger partial charge on any atom is 0.243 e. The lowest BCUT2D eigenvalue weighted by Crippen LogP contribution is -2.50. The van der Waals surface area contributed by atoms with Crippen LogP contribution < -0.4 is 9.62 Å².